The summed E-state index contributed by atoms with van der Waals surface area (Å²) in [6, 6.07) is 7.21. The average molecular weight is 607 g/mol. The number of carbonyl (C=O) groups is 2. The molecular formula is C27H28F6N2O5S. The lowest BCUT2D eigenvalue weighted by molar-refractivity contribution is -0.376. The molecule has 3 atom stereocenters. The van der Waals surface area contributed by atoms with Gasteiger partial charge in [0.25, 0.3) is 5.60 Å². The topological polar surface area (TPSA) is 95.9 Å². The van der Waals surface area contributed by atoms with Crippen molar-refractivity contribution in [2.45, 2.75) is 75.0 Å². The highest BCUT2D eigenvalue weighted by atomic mass is 32.2. The first-order valence-electron chi connectivity index (χ1n) is 12.6. The smallest absolute Gasteiger partial charge is 0.430 e. The van der Waals surface area contributed by atoms with Crippen molar-refractivity contribution in [2.24, 2.45) is 5.41 Å². The largest absolute Gasteiger partial charge is 0.463 e. The number of nitrogens with zero attached hydrogens (tertiary/aromatic N) is 1. The van der Waals surface area contributed by atoms with Gasteiger partial charge in [0.2, 0.25) is 5.91 Å². The van der Waals surface area contributed by atoms with Crippen molar-refractivity contribution in [3.05, 3.63) is 59.2 Å². The van der Waals surface area contributed by atoms with Crippen LogP contribution in [0.15, 0.2) is 47.4 Å². The minimum Gasteiger partial charge on any atom is -0.463 e. The fraction of sp³-hybridized carbons (Fsp3) is 0.481. The van der Waals surface area contributed by atoms with E-state index in [4.69, 9.17) is 4.74 Å². The van der Waals surface area contributed by atoms with E-state index in [1.54, 1.807) is 45.0 Å². The second-order valence-corrected chi connectivity index (χ2v) is 12.1. The summed E-state index contributed by atoms with van der Waals surface area (Å²) in [5.41, 5.74) is -6.57. The van der Waals surface area contributed by atoms with Gasteiger partial charge in [-0.25, -0.2) is 4.21 Å². The molecule has 0 aliphatic carbocycles. The molecule has 0 aromatic heterocycles. The Labute approximate surface area is 234 Å². The van der Waals surface area contributed by atoms with Gasteiger partial charge in [0, 0.05) is 12.0 Å². The highest BCUT2D eigenvalue weighted by Crippen LogP contribution is 2.51. The Morgan fingerprint density at radius 1 is 1.10 bits per heavy atom. The lowest BCUT2D eigenvalue weighted by Gasteiger charge is -2.39. The maximum atomic E-state index is 13.8. The molecule has 1 fully saturated rings. The number of alkyl halides is 6. The minimum absolute atomic E-state index is 0.00228. The van der Waals surface area contributed by atoms with Crippen LogP contribution in [0.2, 0.25) is 0 Å². The van der Waals surface area contributed by atoms with Gasteiger partial charge in [0.1, 0.15) is 6.61 Å². The third kappa shape index (κ3) is 5.55. The molecule has 0 bridgehead atoms. The summed E-state index contributed by atoms with van der Waals surface area (Å²) >= 11 is 0. The molecule has 0 radical (unpaired) electrons. The highest BCUT2D eigenvalue weighted by molar-refractivity contribution is 7.86. The molecule has 224 valence electrons. The van der Waals surface area contributed by atoms with Crippen LogP contribution in [-0.2, 0) is 37.3 Å². The van der Waals surface area contributed by atoms with E-state index in [1.165, 1.54) is 4.31 Å². The molecule has 0 saturated carbocycles. The third-order valence-electron chi connectivity index (χ3n) is 7.57. The fourth-order valence-electron chi connectivity index (χ4n) is 4.91. The van der Waals surface area contributed by atoms with Gasteiger partial charge in [-0.3, -0.25) is 13.9 Å². The quantitative estimate of drug-likeness (QED) is 0.370. The number of anilines is 1. The lowest BCUT2D eigenvalue weighted by atomic mass is 9.86. The molecular weight excluding hydrogens is 578 g/mol. The first kappa shape index (κ1) is 30.8. The Bertz CT molecular complexity index is 1350. The number of fused-ring (bicyclic) bond motifs is 1. The van der Waals surface area contributed by atoms with Gasteiger partial charge in [-0.2, -0.15) is 26.3 Å². The number of esters is 1. The number of aryl methyl sites for hydroxylation is 2. The van der Waals surface area contributed by atoms with Gasteiger partial charge in [-0.05, 0) is 57.4 Å². The monoisotopic (exact) mass is 606 g/mol. The van der Waals surface area contributed by atoms with Crippen molar-refractivity contribution in [2.75, 3.05) is 10.9 Å². The number of cyclic esters (lactones) is 1. The highest BCUT2D eigenvalue weighted by Gasteiger charge is 2.71. The number of nitrogens with one attached hydrogen (secondary N) is 1. The number of hydrogen-bond donors (Lipinski definition) is 2. The summed E-state index contributed by atoms with van der Waals surface area (Å²) in [5, 5.41) is 12.6. The van der Waals surface area contributed by atoms with Crippen molar-refractivity contribution >= 4 is 28.5 Å². The predicted molar refractivity (Wildman–Crippen MR) is 136 cm³/mol. The van der Waals surface area contributed by atoms with E-state index in [0.717, 1.165) is 11.6 Å². The van der Waals surface area contributed by atoms with Crippen LogP contribution in [0.3, 0.4) is 0 Å². The molecule has 0 spiro atoms. The Hall–Kier alpha value is -3.13. The maximum Gasteiger partial charge on any atom is 0.430 e. The summed E-state index contributed by atoms with van der Waals surface area (Å²) in [4.78, 5) is 25.3. The molecule has 1 saturated heterocycles. The van der Waals surface area contributed by atoms with Gasteiger partial charge >= 0.3 is 18.3 Å². The van der Waals surface area contributed by atoms with Gasteiger partial charge < -0.3 is 15.2 Å². The van der Waals surface area contributed by atoms with Crippen LogP contribution >= 0.6 is 0 Å². The number of amides is 1. The van der Waals surface area contributed by atoms with E-state index in [2.05, 4.69) is 5.32 Å². The number of halogens is 6. The SMILES string of the molecule is Cc1ccc(S(=O)N2c3ccc(C(O)(C(F)(F)F)C(F)(F)F)cc3CC[C@H]2CC(=O)NC2COC(=O)C2(C)C)cc1. The molecule has 2 unspecified atom stereocenters. The van der Waals surface area contributed by atoms with Crippen molar-refractivity contribution in [3.8, 4) is 0 Å². The van der Waals surface area contributed by atoms with E-state index < -0.39 is 63.9 Å². The lowest BCUT2D eigenvalue weighted by Crippen LogP contribution is -2.54. The molecule has 2 aliphatic heterocycles. The average Bonchev–Trinajstić information content (AvgIpc) is 3.12. The summed E-state index contributed by atoms with van der Waals surface area (Å²) in [6.45, 7) is 5.00. The number of carbonyl (C=O) groups excluding carboxylic acids is 2. The number of benzene rings is 2. The van der Waals surface area contributed by atoms with Gasteiger partial charge in [-0.1, -0.05) is 29.8 Å². The standard InChI is InChI=1S/C27H28F6N2O5S/c1-15-4-9-19(10-5-15)41(39)35-18(13-22(36)34-21-14-40-23(37)24(21,2)3)8-6-16-12-17(7-11-20(16)35)25(38,26(28,29)30)27(31,32)33/h4-5,7,9-12,18,21,38H,6,8,13-14H2,1-3H3,(H,34,36)/t18-,21?,41?/m0/s1. The molecule has 1 amide bonds. The molecule has 2 N–H and O–H groups in total. The van der Waals surface area contributed by atoms with Crippen LogP contribution in [0.1, 0.15) is 43.4 Å². The number of hydrogen-bond acceptors (Lipinski definition) is 5. The van der Waals surface area contributed by atoms with Gasteiger partial charge in [0.15, 0.2) is 11.0 Å². The first-order chi connectivity index (χ1) is 18.9. The van der Waals surface area contributed by atoms with Crippen molar-refractivity contribution in [1.29, 1.82) is 0 Å². The minimum atomic E-state index is -6.06. The molecule has 2 heterocycles. The predicted octanol–water partition coefficient (Wildman–Crippen LogP) is 4.61. The zero-order valence-electron chi connectivity index (χ0n) is 22.2. The van der Waals surface area contributed by atoms with E-state index in [9.17, 15) is 45.2 Å². The summed E-state index contributed by atoms with van der Waals surface area (Å²) < 4.78 is 101. The number of rotatable bonds is 6. The normalized spacial score (nSPS) is 21.7. The summed E-state index contributed by atoms with van der Waals surface area (Å²) in [5.74, 6) is -0.981. The first-order valence-corrected chi connectivity index (χ1v) is 13.7. The van der Waals surface area contributed by atoms with Crippen LogP contribution in [-0.4, -0.2) is 52.2 Å². The molecule has 2 aromatic carbocycles. The van der Waals surface area contributed by atoms with Crippen molar-refractivity contribution in [1.82, 2.24) is 5.32 Å². The Balaban J connectivity index is 1.71. The van der Waals surface area contributed by atoms with Crippen LogP contribution in [0.25, 0.3) is 0 Å². The molecule has 41 heavy (non-hydrogen) atoms. The van der Waals surface area contributed by atoms with Crippen LogP contribution in [0.4, 0.5) is 32.0 Å². The van der Waals surface area contributed by atoms with E-state index in [0.29, 0.717) is 17.0 Å². The van der Waals surface area contributed by atoms with E-state index in [1.807, 2.05) is 0 Å². The van der Waals surface area contributed by atoms with Crippen molar-refractivity contribution in [3.63, 3.8) is 0 Å². The number of aliphatic hydroxyl groups is 1. The zero-order chi connectivity index (χ0) is 30.5. The van der Waals surface area contributed by atoms with E-state index >= 15 is 0 Å². The Morgan fingerprint density at radius 3 is 2.24 bits per heavy atom. The molecule has 2 aliphatic rings. The summed E-state index contributed by atoms with van der Waals surface area (Å²) in [6.07, 6.45) is -12.3. The summed E-state index contributed by atoms with van der Waals surface area (Å²) in [7, 11) is -2.01. The van der Waals surface area contributed by atoms with Crippen LogP contribution in [0.5, 0.6) is 0 Å². The third-order valence-corrected chi connectivity index (χ3v) is 9.10. The van der Waals surface area contributed by atoms with E-state index in [-0.39, 0.29) is 37.1 Å². The molecule has 7 nitrogen and oxygen atoms in total. The van der Waals surface area contributed by atoms with Crippen LogP contribution in [0, 0.1) is 12.3 Å². The Kier molecular flexibility index (Phi) is 7.97. The second-order valence-electron chi connectivity index (χ2n) is 10.8. The van der Waals surface area contributed by atoms with Gasteiger partial charge in [0.05, 0.1) is 28.1 Å². The van der Waals surface area contributed by atoms with Crippen molar-refractivity contribution < 1.29 is 50.0 Å². The van der Waals surface area contributed by atoms with Crippen LogP contribution < -0.4 is 9.62 Å². The molecule has 2 aromatic rings. The number of ether oxygens (including phenoxy) is 1. The maximum absolute atomic E-state index is 13.8. The molecule has 14 heteroatoms. The second kappa shape index (κ2) is 10.6. The zero-order valence-corrected chi connectivity index (χ0v) is 23.0. The fourth-order valence-corrected chi connectivity index (χ4v) is 6.32. The Morgan fingerprint density at radius 2 is 1.71 bits per heavy atom. The molecule has 4 rings (SSSR count). The van der Waals surface area contributed by atoms with Gasteiger partial charge in [-0.15, -0.1) is 0 Å².